The van der Waals surface area contributed by atoms with E-state index in [0.717, 1.165) is 60.8 Å². The largest absolute Gasteiger partial charge is 0.496 e. The van der Waals surface area contributed by atoms with Gasteiger partial charge in [0.2, 0.25) is 0 Å². The average molecular weight is 439 g/mol. The van der Waals surface area contributed by atoms with Gasteiger partial charge < -0.3 is 9.47 Å². The maximum atomic E-state index is 11.8. The first-order valence-corrected chi connectivity index (χ1v) is 11.2. The average Bonchev–Trinajstić information content (AvgIpc) is 3.20. The summed E-state index contributed by atoms with van der Waals surface area (Å²) in [4.78, 5) is 14.1. The molecule has 0 bridgehead atoms. The number of thioether (sulfide) groups is 1. The van der Waals surface area contributed by atoms with Gasteiger partial charge in [0.25, 0.3) is 0 Å². The van der Waals surface area contributed by atoms with Gasteiger partial charge in [0.1, 0.15) is 5.75 Å². The summed E-state index contributed by atoms with van der Waals surface area (Å²) in [6, 6.07) is 15.7. The van der Waals surface area contributed by atoms with Gasteiger partial charge in [0, 0.05) is 35.7 Å². The lowest BCUT2D eigenvalue weighted by atomic mass is 10.1. The number of hydrogen-bond donors (Lipinski definition) is 0. The second-order valence-corrected chi connectivity index (χ2v) is 8.27. The fraction of sp³-hybridized carbons (Fsp3) is 0.348. The summed E-state index contributed by atoms with van der Waals surface area (Å²) in [6.07, 6.45) is 0. The third kappa shape index (κ3) is 5.15. The van der Waals surface area contributed by atoms with Crippen molar-refractivity contribution in [1.29, 1.82) is 0 Å². The maximum Gasteiger partial charge on any atom is 0.196 e. The molecule has 0 radical (unpaired) electrons. The first-order chi connectivity index (χ1) is 15.2. The Hall–Kier alpha value is -2.68. The van der Waals surface area contributed by atoms with E-state index in [1.54, 1.807) is 31.9 Å². The van der Waals surface area contributed by atoms with Crippen LogP contribution in [0.15, 0.2) is 53.7 Å². The number of ether oxygens (including phenoxy) is 2. The van der Waals surface area contributed by atoms with E-state index >= 15 is 0 Å². The van der Waals surface area contributed by atoms with Crippen LogP contribution < -0.4 is 4.74 Å². The normalized spacial score (nSPS) is 14.5. The van der Waals surface area contributed by atoms with Crippen molar-refractivity contribution in [2.45, 2.75) is 24.4 Å². The molecule has 1 saturated heterocycles. The quantitative estimate of drug-likeness (QED) is 0.393. The van der Waals surface area contributed by atoms with Gasteiger partial charge in [-0.1, -0.05) is 30.0 Å². The fourth-order valence-electron chi connectivity index (χ4n) is 3.54. The van der Waals surface area contributed by atoms with Crippen LogP contribution in [0.2, 0.25) is 0 Å². The van der Waals surface area contributed by atoms with E-state index in [4.69, 9.17) is 9.47 Å². The lowest BCUT2D eigenvalue weighted by Crippen LogP contribution is -2.36. The summed E-state index contributed by atoms with van der Waals surface area (Å²) in [5.41, 5.74) is 2.66. The molecule has 162 valence electrons. The van der Waals surface area contributed by atoms with Gasteiger partial charge in [0.15, 0.2) is 16.8 Å². The Labute approximate surface area is 186 Å². The third-order valence-electron chi connectivity index (χ3n) is 5.23. The number of hydrogen-bond acceptors (Lipinski definition) is 7. The van der Waals surface area contributed by atoms with Crippen LogP contribution in [0.5, 0.6) is 5.75 Å². The van der Waals surface area contributed by atoms with Crippen LogP contribution in [-0.4, -0.2) is 58.9 Å². The molecule has 4 rings (SSSR count). The van der Waals surface area contributed by atoms with E-state index in [0.29, 0.717) is 11.3 Å². The predicted molar refractivity (Wildman–Crippen MR) is 120 cm³/mol. The Morgan fingerprint density at radius 1 is 1.13 bits per heavy atom. The molecular formula is C23H26N4O3S. The monoisotopic (exact) mass is 438 g/mol. The maximum absolute atomic E-state index is 11.8. The Morgan fingerprint density at radius 2 is 1.90 bits per heavy atom. The number of aromatic nitrogens is 3. The van der Waals surface area contributed by atoms with Crippen LogP contribution in [0.4, 0.5) is 0 Å². The molecule has 2 heterocycles. The van der Waals surface area contributed by atoms with Crippen LogP contribution in [0.1, 0.15) is 28.7 Å². The summed E-state index contributed by atoms with van der Waals surface area (Å²) in [5, 5.41) is 9.82. The molecule has 0 aliphatic carbocycles. The molecule has 2 aromatic carbocycles. The molecule has 0 atom stereocenters. The highest BCUT2D eigenvalue weighted by Crippen LogP contribution is 2.30. The molecule has 0 saturated carbocycles. The van der Waals surface area contributed by atoms with Gasteiger partial charge in [0.05, 0.1) is 26.9 Å². The summed E-state index contributed by atoms with van der Waals surface area (Å²) in [5.74, 6) is 2.32. The lowest BCUT2D eigenvalue weighted by molar-refractivity contribution is 0.0328. The van der Waals surface area contributed by atoms with Crippen molar-refractivity contribution in [3.8, 4) is 11.4 Å². The number of para-hydroxylation sites is 1. The minimum atomic E-state index is 0.0363. The summed E-state index contributed by atoms with van der Waals surface area (Å²) < 4.78 is 13.1. The second kappa shape index (κ2) is 10.1. The number of ketones is 1. The number of benzene rings is 2. The highest BCUT2D eigenvalue weighted by atomic mass is 32.2. The number of nitrogens with zero attached hydrogens (tertiary/aromatic N) is 4. The van der Waals surface area contributed by atoms with E-state index in [1.165, 1.54) is 0 Å². The molecule has 1 aromatic heterocycles. The van der Waals surface area contributed by atoms with Gasteiger partial charge in [-0.25, -0.2) is 0 Å². The van der Waals surface area contributed by atoms with Gasteiger partial charge in [-0.15, -0.1) is 10.2 Å². The number of Topliss-reactive ketones (excluding diaryl/α,β-unsaturated/α-hetero) is 1. The SMILES string of the molecule is COc1ccc(C(C)=O)cc1CSc1nnc(CN2CCOCC2)n1-c1ccccc1. The van der Waals surface area contributed by atoms with E-state index in [1.807, 2.05) is 30.3 Å². The molecule has 7 nitrogen and oxygen atoms in total. The van der Waals surface area contributed by atoms with E-state index < -0.39 is 0 Å². The first kappa shape index (κ1) is 21.5. The van der Waals surface area contributed by atoms with Crippen LogP contribution in [0.3, 0.4) is 0 Å². The number of methoxy groups -OCH3 is 1. The second-order valence-electron chi connectivity index (χ2n) is 7.33. The number of carbonyl (C=O) groups excluding carboxylic acids is 1. The molecule has 0 amide bonds. The Kier molecular flexibility index (Phi) is 7.01. The van der Waals surface area contributed by atoms with Crippen molar-refractivity contribution >= 4 is 17.5 Å². The Bertz CT molecular complexity index is 1030. The minimum absolute atomic E-state index is 0.0363. The van der Waals surface area contributed by atoms with E-state index in [-0.39, 0.29) is 5.78 Å². The highest BCUT2D eigenvalue weighted by molar-refractivity contribution is 7.98. The topological polar surface area (TPSA) is 69.5 Å². The molecule has 0 spiro atoms. The fourth-order valence-corrected chi connectivity index (χ4v) is 4.49. The number of rotatable bonds is 8. The van der Waals surface area contributed by atoms with Gasteiger partial charge in [-0.05, 0) is 37.3 Å². The summed E-state index contributed by atoms with van der Waals surface area (Å²) in [7, 11) is 1.64. The van der Waals surface area contributed by atoms with Crippen LogP contribution >= 0.6 is 11.8 Å². The van der Waals surface area contributed by atoms with Gasteiger partial charge in [-0.2, -0.15) is 0 Å². The number of morpholine rings is 1. The Balaban J connectivity index is 1.61. The van der Waals surface area contributed by atoms with Crippen LogP contribution in [-0.2, 0) is 17.0 Å². The summed E-state index contributed by atoms with van der Waals surface area (Å²) >= 11 is 1.58. The Morgan fingerprint density at radius 3 is 2.61 bits per heavy atom. The lowest BCUT2D eigenvalue weighted by Gasteiger charge is -2.26. The zero-order valence-electron chi connectivity index (χ0n) is 17.8. The smallest absolute Gasteiger partial charge is 0.196 e. The minimum Gasteiger partial charge on any atom is -0.496 e. The summed E-state index contributed by atoms with van der Waals surface area (Å²) in [6.45, 7) is 5.55. The standard InChI is InChI=1S/C23H26N4O3S/c1-17(28)18-8-9-21(29-2)19(14-18)16-31-23-25-24-22(15-26-10-12-30-13-11-26)27(23)20-6-4-3-5-7-20/h3-9,14H,10-13,15-16H2,1-2H3. The first-order valence-electron chi connectivity index (χ1n) is 10.3. The zero-order chi connectivity index (χ0) is 21.6. The van der Waals surface area contributed by atoms with Crippen molar-refractivity contribution < 1.29 is 14.3 Å². The van der Waals surface area contributed by atoms with Crippen molar-refractivity contribution in [2.75, 3.05) is 33.4 Å². The molecule has 3 aromatic rings. The van der Waals surface area contributed by atoms with Crippen LogP contribution in [0.25, 0.3) is 5.69 Å². The van der Waals surface area contributed by atoms with E-state index in [2.05, 4.69) is 31.8 Å². The van der Waals surface area contributed by atoms with Crippen molar-refractivity contribution in [2.24, 2.45) is 0 Å². The highest BCUT2D eigenvalue weighted by Gasteiger charge is 2.19. The zero-order valence-corrected chi connectivity index (χ0v) is 18.6. The van der Waals surface area contributed by atoms with Crippen molar-refractivity contribution in [3.05, 3.63) is 65.5 Å². The van der Waals surface area contributed by atoms with Crippen molar-refractivity contribution in [1.82, 2.24) is 19.7 Å². The predicted octanol–water partition coefficient (Wildman–Crippen LogP) is 3.60. The number of carbonyl (C=O) groups is 1. The van der Waals surface area contributed by atoms with Crippen LogP contribution in [0, 0.1) is 0 Å². The molecule has 1 aliphatic heterocycles. The molecule has 8 heteroatoms. The molecule has 0 N–H and O–H groups in total. The van der Waals surface area contributed by atoms with Gasteiger partial charge >= 0.3 is 0 Å². The molecule has 1 aliphatic rings. The molecule has 31 heavy (non-hydrogen) atoms. The molecular weight excluding hydrogens is 412 g/mol. The molecule has 0 unspecified atom stereocenters. The van der Waals surface area contributed by atoms with E-state index in [9.17, 15) is 4.79 Å². The van der Waals surface area contributed by atoms with Gasteiger partial charge in [-0.3, -0.25) is 14.3 Å². The molecule has 1 fully saturated rings. The third-order valence-corrected chi connectivity index (χ3v) is 6.20. The van der Waals surface area contributed by atoms with Crippen molar-refractivity contribution in [3.63, 3.8) is 0 Å².